The number of halogens is 2. The SMILES string of the molecule is Cc1cc(Br)cc2c(C(=O)OCC(=O)c3ccc(F)cc3)cc(-c3ccc(N4C(=O)c5ccccc5C4=O)cc3)nc12. The second kappa shape index (κ2) is 10.8. The molecule has 0 fully saturated rings. The molecule has 0 saturated heterocycles. The first-order valence-corrected chi connectivity index (χ1v) is 13.7. The quantitative estimate of drug-likeness (QED) is 0.115. The van der Waals surface area contributed by atoms with Crippen LogP contribution in [0, 0.1) is 12.7 Å². The number of hydrogen-bond donors (Lipinski definition) is 0. The second-order valence-corrected chi connectivity index (χ2v) is 10.6. The smallest absolute Gasteiger partial charge is 0.339 e. The number of anilines is 1. The van der Waals surface area contributed by atoms with Crippen molar-refractivity contribution in [2.75, 3.05) is 11.5 Å². The highest BCUT2D eigenvalue weighted by atomic mass is 79.9. The van der Waals surface area contributed by atoms with E-state index in [1.54, 1.807) is 60.7 Å². The highest BCUT2D eigenvalue weighted by Crippen LogP contribution is 2.33. The van der Waals surface area contributed by atoms with Crippen LogP contribution >= 0.6 is 15.9 Å². The summed E-state index contributed by atoms with van der Waals surface area (Å²) in [5, 5.41) is 0.535. The van der Waals surface area contributed by atoms with Crippen molar-refractivity contribution in [2.24, 2.45) is 0 Å². The molecule has 42 heavy (non-hydrogen) atoms. The van der Waals surface area contributed by atoms with Crippen molar-refractivity contribution >= 4 is 56.1 Å². The topological polar surface area (TPSA) is 93.6 Å². The van der Waals surface area contributed by atoms with Crippen LogP contribution < -0.4 is 4.90 Å². The Bertz CT molecular complexity index is 1900. The first kappa shape index (κ1) is 27.2. The minimum absolute atomic E-state index is 0.204. The van der Waals surface area contributed by atoms with Gasteiger partial charge in [0.05, 0.1) is 33.6 Å². The van der Waals surface area contributed by atoms with Gasteiger partial charge in [0, 0.05) is 21.0 Å². The molecule has 0 bridgehead atoms. The number of amides is 2. The van der Waals surface area contributed by atoms with Crippen LogP contribution in [0.15, 0.2) is 95.5 Å². The summed E-state index contributed by atoms with van der Waals surface area (Å²) < 4.78 is 19.4. The maximum Gasteiger partial charge on any atom is 0.339 e. The minimum Gasteiger partial charge on any atom is -0.454 e. The molecule has 7 nitrogen and oxygen atoms in total. The van der Waals surface area contributed by atoms with Gasteiger partial charge in [-0.05, 0) is 79.2 Å². The normalized spacial score (nSPS) is 12.5. The van der Waals surface area contributed by atoms with E-state index in [2.05, 4.69) is 15.9 Å². The van der Waals surface area contributed by atoms with Gasteiger partial charge in [-0.2, -0.15) is 0 Å². The maximum atomic E-state index is 13.3. The third-order valence-electron chi connectivity index (χ3n) is 7.00. The Morgan fingerprint density at radius 3 is 2.17 bits per heavy atom. The Morgan fingerprint density at radius 1 is 0.881 bits per heavy atom. The van der Waals surface area contributed by atoms with Gasteiger partial charge in [-0.15, -0.1) is 0 Å². The molecule has 0 N–H and O–H groups in total. The highest BCUT2D eigenvalue weighted by molar-refractivity contribution is 9.10. The molecule has 0 unspecified atom stereocenters. The number of carbonyl (C=O) groups is 4. The van der Waals surface area contributed by atoms with Crippen LogP contribution in [0.4, 0.5) is 10.1 Å². The lowest BCUT2D eigenvalue weighted by atomic mass is 10.0. The molecule has 0 saturated carbocycles. The standard InChI is InChI=1S/C33H20BrFN2O5/c1-18-14-21(34)15-26-27(33(41)42-17-29(38)20-6-10-22(35)11-7-20)16-28(36-30(18)26)19-8-12-23(13-9-19)37-31(39)24-4-2-3-5-25(24)32(37)40/h2-16H,17H2,1H3. The van der Waals surface area contributed by atoms with Crippen molar-refractivity contribution in [1.29, 1.82) is 0 Å². The molecular weight excluding hydrogens is 603 g/mol. The van der Waals surface area contributed by atoms with E-state index in [-0.39, 0.29) is 11.1 Å². The van der Waals surface area contributed by atoms with Crippen molar-refractivity contribution in [3.8, 4) is 11.3 Å². The Morgan fingerprint density at radius 2 is 1.52 bits per heavy atom. The average molecular weight is 623 g/mol. The van der Waals surface area contributed by atoms with Gasteiger partial charge in [0.2, 0.25) is 0 Å². The van der Waals surface area contributed by atoms with Crippen LogP contribution in [0.25, 0.3) is 22.2 Å². The van der Waals surface area contributed by atoms with Gasteiger partial charge in [-0.25, -0.2) is 19.1 Å². The Hall–Kier alpha value is -5.02. The zero-order chi connectivity index (χ0) is 29.5. The Balaban J connectivity index is 1.32. The number of carbonyl (C=O) groups excluding carboxylic acids is 4. The lowest BCUT2D eigenvalue weighted by molar-refractivity contribution is 0.0476. The summed E-state index contributed by atoms with van der Waals surface area (Å²) in [6.07, 6.45) is 0. The lowest BCUT2D eigenvalue weighted by Gasteiger charge is -2.15. The number of aryl methyl sites for hydroxylation is 1. The third kappa shape index (κ3) is 4.88. The van der Waals surface area contributed by atoms with Gasteiger partial charge in [0.15, 0.2) is 12.4 Å². The van der Waals surface area contributed by atoms with Crippen LogP contribution in [0.5, 0.6) is 0 Å². The monoisotopic (exact) mass is 622 g/mol. The molecule has 1 aromatic heterocycles. The van der Waals surface area contributed by atoms with Crippen LogP contribution in [0.1, 0.15) is 47.0 Å². The number of nitrogens with zero attached hydrogens (tertiary/aromatic N) is 2. The van der Waals surface area contributed by atoms with E-state index in [0.717, 1.165) is 27.1 Å². The highest BCUT2D eigenvalue weighted by Gasteiger charge is 2.36. The predicted octanol–water partition coefficient (Wildman–Crippen LogP) is 6.95. The molecule has 1 aliphatic rings. The largest absolute Gasteiger partial charge is 0.454 e. The molecule has 9 heteroatoms. The fraction of sp³-hybridized carbons (Fsp3) is 0.0606. The van der Waals surface area contributed by atoms with Gasteiger partial charge in [0.25, 0.3) is 11.8 Å². The number of ether oxygens (including phenoxy) is 1. The Kier molecular flexibility index (Phi) is 6.96. The van der Waals surface area contributed by atoms with E-state index < -0.39 is 36.0 Å². The number of imide groups is 1. The second-order valence-electron chi connectivity index (χ2n) is 9.72. The summed E-state index contributed by atoms with van der Waals surface area (Å²) in [4.78, 5) is 57.6. The molecule has 2 amide bonds. The number of Topliss-reactive ketones (excluding diaryl/α,β-unsaturated/α-hetero) is 1. The molecular formula is C33H20BrFN2O5. The molecule has 0 aliphatic carbocycles. The van der Waals surface area contributed by atoms with Crippen molar-refractivity contribution in [1.82, 2.24) is 4.98 Å². The molecule has 2 heterocycles. The van der Waals surface area contributed by atoms with Crippen LogP contribution in [0.2, 0.25) is 0 Å². The van der Waals surface area contributed by atoms with Crippen LogP contribution in [-0.4, -0.2) is 35.2 Å². The van der Waals surface area contributed by atoms with Crippen molar-refractivity contribution in [3.63, 3.8) is 0 Å². The zero-order valence-corrected chi connectivity index (χ0v) is 23.6. The summed E-state index contributed by atoms with van der Waals surface area (Å²) in [6.45, 7) is 1.34. The van der Waals surface area contributed by atoms with E-state index in [4.69, 9.17) is 9.72 Å². The summed E-state index contributed by atoms with van der Waals surface area (Å²) in [7, 11) is 0. The van der Waals surface area contributed by atoms with Gasteiger partial charge in [0.1, 0.15) is 5.82 Å². The van der Waals surface area contributed by atoms with E-state index in [1.807, 2.05) is 13.0 Å². The first-order valence-electron chi connectivity index (χ1n) is 12.9. The summed E-state index contributed by atoms with van der Waals surface area (Å²) in [6, 6.07) is 23.6. The third-order valence-corrected chi connectivity index (χ3v) is 7.46. The van der Waals surface area contributed by atoms with E-state index in [1.165, 1.54) is 12.1 Å². The lowest BCUT2D eigenvalue weighted by Crippen LogP contribution is -2.29. The van der Waals surface area contributed by atoms with Crippen LogP contribution in [-0.2, 0) is 4.74 Å². The average Bonchev–Trinajstić information content (AvgIpc) is 3.25. The molecule has 5 aromatic rings. The molecule has 1 aliphatic heterocycles. The molecule has 0 atom stereocenters. The van der Waals surface area contributed by atoms with E-state index in [0.29, 0.717) is 39.0 Å². The predicted molar refractivity (Wildman–Crippen MR) is 158 cm³/mol. The van der Waals surface area contributed by atoms with Crippen LogP contribution in [0.3, 0.4) is 0 Å². The number of aromatic nitrogens is 1. The number of benzene rings is 4. The summed E-state index contributed by atoms with van der Waals surface area (Å²) in [5.41, 5.74) is 4.00. The first-order chi connectivity index (χ1) is 20.2. The zero-order valence-electron chi connectivity index (χ0n) is 22.1. The fourth-order valence-corrected chi connectivity index (χ4v) is 5.48. The number of rotatable bonds is 6. The number of hydrogen-bond acceptors (Lipinski definition) is 6. The van der Waals surface area contributed by atoms with Gasteiger partial charge >= 0.3 is 5.97 Å². The fourth-order valence-electron chi connectivity index (χ4n) is 4.91. The Labute approximate surface area is 247 Å². The number of pyridine rings is 1. The molecule has 6 rings (SSSR count). The summed E-state index contributed by atoms with van der Waals surface area (Å²) >= 11 is 3.46. The minimum atomic E-state index is -0.723. The van der Waals surface area contributed by atoms with Gasteiger partial charge in [-0.3, -0.25) is 14.4 Å². The van der Waals surface area contributed by atoms with Gasteiger partial charge < -0.3 is 4.74 Å². The number of esters is 1. The van der Waals surface area contributed by atoms with Crippen molar-refractivity contribution in [2.45, 2.75) is 6.92 Å². The van der Waals surface area contributed by atoms with Crippen molar-refractivity contribution < 1.29 is 28.3 Å². The molecule has 0 radical (unpaired) electrons. The molecule has 0 spiro atoms. The number of fused-ring (bicyclic) bond motifs is 2. The van der Waals surface area contributed by atoms with E-state index in [9.17, 15) is 23.6 Å². The summed E-state index contributed by atoms with van der Waals surface area (Å²) in [5.74, 6) is -2.46. The maximum absolute atomic E-state index is 13.3. The molecule has 4 aromatic carbocycles. The van der Waals surface area contributed by atoms with Crippen molar-refractivity contribution in [3.05, 3.63) is 129 Å². The molecule has 206 valence electrons. The van der Waals surface area contributed by atoms with Gasteiger partial charge in [-0.1, -0.05) is 40.2 Å². The number of ketones is 1. The van der Waals surface area contributed by atoms with E-state index >= 15 is 0 Å².